The van der Waals surface area contributed by atoms with Gasteiger partial charge in [0.1, 0.15) is 30.3 Å². The molecule has 9 heteroatoms. The average Bonchev–Trinajstić information content (AvgIpc) is 3.01. The predicted octanol–water partition coefficient (Wildman–Crippen LogP) is 9.91. The van der Waals surface area contributed by atoms with Crippen LogP contribution in [0.25, 0.3) is 0 Å². The highest BCUT2D eigenvalue weighted by molar-refractivity contribution is 9.10. The van der Waals surface area contributed by atoms with Crippen molar-refractivity contribution in [2.45, 2.75) is 116 Å². The van der Waals surface area contributed by atoms with Crippen molar-refractivity contribution in [3.05, 3.63) is 46.9 Å². The van der Waals surface area contributed by atoms with Gasteiger partial charge in [-0.05, 0) is 24.6 Å². The predicted molar refractivity (Wildman–Crippen MR) is 189 cm³/mol. The molecule has 0 saturated heterocycles. The van der Waals surface area contributed by atoms with Crippen LogP contribution in [0.3, 0.4) is 0 Å². The van der Waals surface area contributed by atoms with Crippen molar-refractivity contribution in [2.75, 3.05) is 37.8 Å². The van der Waals surface area contributed by atoms with E-state index in [1.807, 2.05) is 24.3 Å². The molecule has 2 rings (SSSR count). The Morgan fingerprint density at radius 2 is 1.02 bits per heavy atom. The number of hydrogen-bond acceptors (Lipinski definition) is 6. The van der Waals surface area contributed by atoms with Gasteiger partial charge in [-0.1, -0.05) is 125 Å². The molecule has 46 heavy (non-hydrogen) atoms. The summed E-state index contributed by atoms with van der Waals surface area (Å²) in [6.45, 7) is 2.73. The van der Waals surface area contributed by atoms with Crippen LogP contribution in [0.5, 0.6) is 17.2 Å². The van der Waals surface area contributed by atoms with E-state index in [9.17, 15) is 19.8 Å². The molecule has 0 atom stereocenters. The summed E-state index contributed by atoms with van der Waals surface area (Å²) in [4.78, 5) is 24.2. The first-order chi connectivity index (χ1) is 22.4. The van der Waals surface area contributed by atoms with Crippen molar-refractivity contribution < 1.29 is 34.0 Å². The van der Waals surface area contributed by atoms with E-state index in [1.54, 1.807) is 18.2 Å². The Labute approximate surface area is 284 Å². The fraction of sp³-hybridized carbons (Fsp3) is 0.622. The maximum absolute atomic E-state index is 11.4. The Hall–Kier alpha value is -2.94. The molecule has 0 saturated carbocycles. The molecule has 0 fully saturated rings. The third-order valence-corrected chi connectivity index (χ3v) is 8.26. The van der Waals surface area contributed by atoms with Gasteiger partial charge in [0.2, 0.25) is 0 Å². The Morgan fingerprint density at radius 1 is 0.587 bits per heavy atom. The number of nitrogens with zero attached hydrogens (tertiary/aromatic N) is 1. The second-order valence-electron chi connectivity index (χ2n) is 12.0. The molecule has 0 heterocycles. The molecule has 2 aromatic carbocycles. The van der Waals surface area contributed by atoms with Gasteiger partial charge in [-0.15, -0.1) is 0 Å². The van der Waals surface area contributed by atoms with E-state index in [2.05, 4.69) is 22.9 Å². The lowest BCUT2D eigenvalue weighted by Crippen LogP contribution is -2.34. The fourth-order valence-corrected chi connectivity index (χ4v) is 5.69. The number of carboxylic acid groups (broad SMARTS) is 2. The number of carbonyl (C=O) groups is 2. The van der Waals surface area contributed by atoms with Crippen molar-refractivity contribution in [2.24, 2.45) is 0 Å². The maximum Gasteiger partial charge on any atom is 0.323 e. The van der Waals surface area contributed by atoms with Gasteiger partial charge < -0.3 is 29.3 Å². The summed E-state index contributed by atoms with van der Waals surface area (Å²) in [5, 5.41) is 18.7. The molecule has 0 radical (unpaired) electrons. The zero-order valence-electron chi connectivity index (χ0n) is 27.9. The quantitative estimate of drug-likeness (QED) is 0.0806. The number of hydrogen-bond donors (Lipinski definition) is 2. The molecule has 2 aromatic rings. The first kappa shape index (κ1) is 39.2. The van der Waals surface area contributed by atoms with Gasteiger partial charge in [0.15, 0.2) is 0 Å². The highest BCUT2D eigenvalue weighted by Crippen LogP contribution is 2.29. The van der Waals surface area contributed by atoms with Crippen molar-refractivity contribution >= 4 is 33.6 Å². The van der Waals surface area contributed by atoms with Crippen LogP contribution in [0.15, 0.2) is 46.9 Å². The molecule has 8 nitrogen and oxygen atoms in total. The van der Waals surface area contributed by atoms with E-state index in [-0.39, 0.29) is 0 Å². The van der Waals surface area contributed by atoms with E-state index in [1.165, 1.54) is 94.8 Å². The van der Waals surface area contributed by atoms with E-state index in [0.29, 0.717) is 43.4 Å². The van der Waals surface area contributed by atoms with Gasteiger partial charge in [0, 0.05) is 34.8 Å². The molecule has 0 aliphatic carbocycles. The third-order valence-electron chi connectivity index (χ3n) is 7.77. The van der Waals surface area contributed by atoms with Crippen molar-refractivity contribution in [3.8, 4) is 17.2 Å². The lowest BCUT2D eigenvalue weighted by atomic mass is 10.0. The number of halogens is 1. The number of rotatable bonds is 29. The summed E-state index contributed by atoms with van der Waals surface area (Å²) in [5.41, 5.74) is 0.426. The minimum Gasteiger partial charge on any atom is -0.493 e. The number of aliphatic carboxylic acids is 2. The zero-order chi connectivity index (χ0) is 33.2. The van der Waals surface area contributed by atoms with Crippen LogP contribution in [0.2, 0.25) is 0 Å². The Kier molecular flexibility index (Phi) is 21.5. The van der Waals surface area contributed by atoms with Crippen LogP contribution in [0.4, 0.5) is 5.69 Å². The summed E-state index contributed by atoms with van der Waals surface area (Å²) in [6.07, 6.45) is 21.5. The molecule has 0 aromatic heterocycles. The van der Waals surface area contributed by atoms with Crippen LogP contribution in [0.1, 0.15) is 116 Å². The van der Waals surface area contributed by atoms with Crippen molar-refractivity contribution in [1.29, 1.82) is 0 Å². The number of benzene rings is 2. The highest BCUT2D eigenvalue weighted by Gasteiger charge is 2.17. The van der Waals surface area contributed by atoms with Gasteiger partial charge in [-0.25, -0.2) is 0 Å². The van der Waals surface area contributed by atoms with Crippen molar-refractivity contribution in [3.63, 3.8) is 0 Å². The van der Waals surface area contributed by atoms with Gasteiger partial charge in [-0.3, -0.25) is 9.59 Å². The van der Waals surface area contributed by atoms with Crippen LogP contribution >= 0.6 is 15.9 Å². The van der Waals surface area contributed by atoms with Gasteiger partial charge in [-0.2, -0.15) is 0 Å². The molecule has 2 N–H and O–H groups in total. The van der Waals surface area contributed by atoms with E-state index in [4.69, 9.17) is 14.2 Å². The SMILES string of the molecule is CCCCCCCCCCCCCCCCCCOc1cc(OCCCOc2cccc(Br)c2)cc(N(CC(=O)O)CC(=O)O)c1. The van der Waals surface area contributed by atoms with E-state index < -0.39 is 25.0 Å². The maximum atomic E-state index is 11.4. The minimum absolute atomic E-state index is 0.369. The minimum atomic E-state index is -1.12. The average molecular weight is 707 g/mol. The number of carboxylic acids is 2. The van der Waals surface area contributed by atoms with E-state index >= 15 is 0 Å². The van der Waals surface area contributed by atoms with Crippen molar-refractivity contribution in [1.82, 2.24) is 0 Å². The fourth-order valence-electron chi connectivity index (χ4n) is 5.31. The Balaban J connectivity index is 1.72. The van der Waals surface area contributed by atoms with Gasteiger partial charge >= 0.3 is 11.9 Å². The van der Waals surface area contributed by atoms with Crippen LogP contribution in [-0.2, 0) is 9.59 Å². The molecule has 0 aliphatic heterocycles. The highest BCUT2D eigenvalue weighted by atomic mass is 79.9. The number of unbranched alkanes of at least 4 members (excludes halogenated alkanes) is 15. The molecular weight excluding hydrogens is 650 g/mol. The van der Waals surface area contributed by atoms with Gasteiger partial charge in [0.05, 0.1) is 19.8 Å². The molecule has 258 valence electrons. The molecule has 0 bridgehead atoms. The van der Waals surface area contributed by atoms with Crippen LogP contribution in [-0.4, -0.2) is 55.1 Å². The van der Waals surface area contributed by atoms with Crippen LogP contribution in [0, 0.1) is 0 Å². The summed E-state index contributed by atoms with van der Waals surface area (Å²) < 4.78 is 18.7. The van der Waals surface area contributed by atoms with E-state index in [0.717, 1.165) is 23.1 Å². The first-order valence-electron chi connectivity index (χ1n) is 17.3. The Morgan fingerprint density at radius 3 is 1.48 bits per heavy atom. The molecule has 0 unspecified atom stereocenters. The molecule has 0 spiro atoms. The zero-order valence-corrected chi connectivity index (χ0v) is 29.4. The summed E-state index contributed by atoms with van der Waals surface area (Å²) in [6, 6.07) is 12.7. The van der Waals surface area contributed by atoms with Gasteiger partial charge in [0.25, 0.3) is 0 Å². The summed E-state index contributed by atoms with van der Waals surface area (Å²) >= 11 is 3.43. The normalized spacial score (nSPS) is 10.9. The lowest BCUT2D eigenvalue weighted by Gasteiger charge is -2.22. The monoisotopic (exact) mass is 705 g/mol. The molecular formula is C37H56BrNO7. The first-order valence-corrected chi connectivity index (χ1v) is 18.1. The van der Waals surface area contributed by atoms with Crippen LogP contribution < -0.4 is 19.1 Å². The smallest absolute Gasteiger partial charge is 0.323 e. The topological polar surface area (TPSA) is 106 Å². The standard InChI is InChI=1S/C37H56BrNO7/c1-2-3-4-5-6-7-8-9-10-11-12-13-14-15-16-17-22-45-34-26-32(39(29-36(40)41)30-37(42)43)27-35(28-34)46-24-19-23-44-33-21-18-20-31(38)25-33/h18,20-21,25-28H,2-17,19,22-24,29-30H2,1H3,(H,40,41)(H,42,43). The largest absolute Gasteiger partial charge is 0.493 e. The number of ether oxygens (including phenoxy) is 3. The lowest BCUT2D eigenvalue weighted by molar-refractivity contribution is -0.136. The second kappa shape index (κ2) is 25.2. The second-order valence-corrected chi connectivity index (χ2v) is 12.9. The molecule has 0 amide bonds. The number of anilines is 1. The molecule has 0 aliphatic rings. The summed E-state index contributed by atoms with van der Waals surface area (Å²) in [7, 11) is 0. The Bertz CT molecular complexity index is 1100. The third kappa shape index (κ3) is 19.5. The summed E-state index contributed by atoms with van der Waals surface area (Å²) in [5.74, 6) is -0.456.